The zero-order valence-corrected chi connectivity index (χ0v) is 13.5. The van der Waals surface area contributed by atoms with E-state index in [1.54, 1.807) is 38.6 Å². The van der Waals surface area contributed by atoms with E-state index in [4.69, 9.17) is 5.73 Å². The highest BCUT2D eigenvalue weighted by Gasteiger charge is 2.27. The third-order valence-electron chi connectivity index (χ3n) is 4.31. The van der Waals surface area contributed by atoms with Crippen molar-refractivity contribution in [3.63, 3.8) is 0 Å². The summed E-state index contributed by atoms with van der Waals surface area (Å²) in [5.41, 5.74) is 6.64. The van der Waals surface area contributed by atoms with Crippen LogP contribution in [-0.4, -0.2) is 57.5 Å². The molecule has 2 aromatic rings. The number of hydrogen-bond acceptors (Lipinski definition) is 4. The summed E-state index contributed by atoms with van der Waals surface area (Å²) in [6, 6.07) is 8.34. The summed E-state index contributed by atoms with van der Waals surface area (Å²) in [7, 11) is 1.83. The number of nitrogens with zero attached hydrogens (tertiary/aromatic N) is 3. The van der Waals surface area contributed by atoms with Gasteiger partial charge in [-0.1, -0.05) is 6.07 Å². The van der Waals surface area contributed by atoms with Crippen LogP contribution in [-0.2, 0) is 7.05 Å². The van der Waals surface area contributed by atoms with Gasteiger partial charge in [-0.3, -0.25) is 9.59 Å². The highest BCUT2D eigenvalue weighted by molar-refractivity contribution is 5.99. The van der Waals surface area contributed by atoms with Crippen LogP contribution >= 0.6 is 0 Å². The maximum Gasteiger partial charge on any atom is 0.270 e. The molecule has 0 aliphatic carbocycles. The van der Waals surface area contributed by atoms with Gasteiger partial charge in [0.05, 0.1) is 11.3 Å². The molecule has 7 heteroatoms. The molecule has 0 radical (unpaired) electrons. The molecule has 126 valence electrons. The molecule has 0 spiro atoms. The third-order valence-corrected chi connectivity index (χ3v) is 4.31. The van der Waals surface area contributed by atoms with Crippen molar-refractivity contribution in [2.75, 3.05) is 31.9 Å². The number of carbonyl (C=O) groups excluding carboxylic acids is 2. The molecule has 7 nitrogen and oxygen atoms in total. The lowest BCUT2D eigenvalue weighted by molar-refractivity contribution is 0.0528. The summed E-state index contributed by atoms with van der Waals surface area (Å²) in [6.45, 7) is 1.75. The molecule has 1 saturated heterocycles. The minimum absolute atomic E-state index is 0.0404. The molecule has 2 heterocycles. The lowest BCUT2D eigenvalue weighted by Crippen LogP contribution is -2.50. The van der Waals surface area contributed by atoms with E-state index in [1.165, 1.54) is 0 Å². The van der Waals surface area contributed by atoms with E-state index in [0.29, 0.717) is 31.9 Å². The normalized spacial score (nSPS) is 14.7. The minimum Gasteiger partial charge on any atom is -0.505 e. The van der Waals surface area contributed by atoms with Gasteiger partial charge in [0.1, 0.15) is 5.69 Å². The second kappa shape index (κ2) is 6.27. The fourth-order valence-electron chi connectivity index (χ4n) is 2.86. The van der Waals surface area contributed by atoms with E-state index in [9.17, 15) is 14.7 Å². The van der Waals surface area contributed by atoms with Gasteiger partial charge in [0, 0.05) is 39.4 Å². The highest BCUT2D eigenvalue weighted by Crippen LogP contribution is 2.26. The first-order valence-electron chi connectivity index (χ1n) is 7.76. The van der Waals surface area contributed by atoms with Crippen molar-refractivity contribution in [3.8, 4) is 5.75 Å². The number of carbonyl (C=O) groups is 2. The van der Waals surface area contributed by atoms with Crippen LogP contribution in [0.3, 0.4) is 0 Å². The van der Waals surface area contributed by atoms with Crippen molar-refractivity contribution >= 4 is 17.5 Å². The Morgan fingerprint density at radius 2 is 1.62 bits per heavy atom. The summed E-state index contributed by atoms with van der Waals surface area (Å²) >= 11 is 0. The molecule has 1 aliphatic heterocycles. The first kappa shape index (κ1) is 15.9. The largest absolute Gasteiger partial charge is 0.505 e. The van der Waals surface area contributed by atoms with Gasteiger partial charge in [-0.05, 0) is 24.3 Å². The van der Waals surface area contributed by atoms with Gasteiger partial charge in [0.25, 0.3) is 11.8 Å². The lowest BCUT2D eigenvalue weighted by Gasteiger charge is -2.35. The molecule has 0 saturated carbocycles. The van der Waals surface area contributed by atoms with Crippen molar-refractivity contribution < 1.29 is 14.7 Å². The fourth-order valence-corrected chi connectivity index (χ4v) is 2.86. The van der Waals surface area contributed by atoms with Crippen LogP contribution in [0, 0.1) is 0 Å². The molecule has 0 unspecified atom stereocenters. The number of phenolic OH excluding ortho intramolecular Hbond substituents is 1. The second-order valence-electron chi connectivity index (χ2n) is 5.83. The van der Waals surface area contributed by atoms with Gasteiger partial charge in [0.2, 0.25) is 0 Å². The molecule has 1 fully saturated rings. The van der Waals surface area contributed by atoms with E-state index in [0.717, 1.165) is 0 Å². The Morgan fingerprint density at radius 1 is 1.00 bits per heavy atom. The van der Waals surface area contributed by atoms with Crippen LogP contribution in [0.2, 0.25) is 0 Å². The van der Waals surface area contributed by atoms with Crippen LogP contribution in [0.15, 0.2) is 36.5 Å². The number of piperazine rings is 1. The number of para-hydroxylation sites is 1. The molecule has 3 rings (SSSR count). The number of benzene rings is 1. The van der Waals surface area contributed by atoms with Crippen LogP contribution < -0.4 is 5.73 Å². The van der Waals surface area contributed by atoms with Gasteiger partial charge in [0.15, 0.2) is 5.75 Å². The van der Waals surface area contributed by atoms with Crippen LogP contribution in [0.1, 0.15) is 20.8 Å². The summed E-state index contributed by atoms with van der Waals surface area (Å²) in [5, 5.41) is 9.95. The molecular weight excluding hydrogens is 308 g/mol. The molecular formula is C17H20N4O3. The SMILES string of the molecule is Cn1cccc1C(=O)N1CCN(C(=O)c2cccc(N)c2O)CC1. The monoisotopic (exact) mass is 328 g/mol. The Labute approximate surface area is 139 Å². The number of aromatic nitrogens is 1. The standard InChI is InChI=1S/C17H20N4O3/c1-19-7-3-6-14(19)17(24)21-10-8-20(9-11-21)16(23)12-4-2-5-13(18)15(12)22/h2-7,22H,8-11,18H2,1H3. The van der Waals surface area contributed by atoms with E-state index in [2.05, 4.69) is 0 Å². The van der Waals surface area contributed by atoms with Crippen LogP contribution in [0.25, 0.3) is 0 Å². The summed E-state index contributed by atoms with van der Waals surface area (Å²) in [4.78, 5) is 28.4. The average Bonchev–Trinajstić information content (AvgIpc) is 3.02. The maximum absolute atomic E-state index is 12.5. The summed E-state index contributed by atoms with van der Waals surface area (Å²) < 4.78 is 1.78. The Kier molecular flexibility index (Phi) is 4.16. The molecule has 1 aromatic heterocycles. The van der Waals surface area contributed by atoms with E-state index >= 15 is 0 Å². The minimum atomic E-state index is -0.272. The van der Waals surface area contributed by atoms with Gasteiger partial charge >= 0.3 is 0 Å². The Morgan fingerprint density at radius 3 is 2.21 bits per heavy atom. The molecule has 0 atom stereocenters. The topological polar surface area (TPSA) is 91.8 Å². The number of rotatable bonds is 2. The van der Waals surface area contributed by atoms with Crippen molar-refractivity contribution in [2.45, 2.75) is 0 Å². The Bertz CT molecular complexity index is 776. The highest BCUT2D eigenvalue weighted by atomic mass is 16.3. The molecule has 24 heavy (non-hydrogen) atoms. The van der Waals surface area contributed by atoms with Gasteiger partial charge in [-0.25, -0.2) is 0 Å². The van der Waals surface area contributed by atoms with Gasteiger partial charge < -0.3 is 25.2 Å². The van der Waals surface area contributed by atoms with Gasteiger partial charge in [-0.15, -0.1) is 0 Å². The predicted octanol–water partition coefficient (Wildman–Crippen LogP) is 0.911. The zero-order chi connectivity index (χ0) is 17.3. The summed E-state index contributed by atoms with van der Waals surface area (Å²) in [6.07, 6.45) is 1.83. The average molecular weight is 328 g/mol. The molecule has 3 N–H and O–H groups in total. The van der Waals surface area contributed by atoms with Crippen molar-refractivity contribution in [1.82, 2.24) is 14.4 Å². The van der Waals surface area contributed by atoms with Crippen molar-refractivity contribution in [3.05, 3.63) is 47.8 Å². The first-order chi connectivity index (χ1) is 11.5. The maximum atomic E-state index is 12.5. The zero-order valence-electron chi connectivity index (χ0n) is 13.5. The smallest absolute Gasteiger partial charge is 0.270 e. The molecule has 1 aromatic carbocycles. The Hall–Kier alpha value is -2.96. The number of aryl methyl sites for hydroxylation is 1. The lowest BCUT2D eigenvalue weighted by atomic mass is 10.1. The number of amides is 2. The second-order valence-corrected chi connectivity index (χ2v) is 5.83. The van der Waals surface area contributed by atoms with E-state index in [-0.39, 0.29) is 28.8 Å². The first-order valence-corrected chi connectivity index (χ1v) is 7.76. The molecule has 2 amide bonds. The van der Waals surface area contributed by atoms with E-state index < -0.39 is 0 Å². The molecule has 1 aliphatic rings. The number of anilines is 1. The summed E-state index contributed by atoms with van der Waals surface area (Å²) in [5.74, 6) is -0.503. The Balaban J connectivity index is 1.67. The quantitative estimate of drug-likeness (QED) is 0.633. The molecule has 0 bridgehead atoms. The number of aromatic hydroxyl groups is 1. The number of nitrogen functional groups attached to an aromatic ring is 1. The number of phenols is 1. The predicted molar refractivity (Wildman–Crippen MR) is 89.7 cm³/mol. The third kappa shape index (κ3) is 2.80. The van der Waals surface area contributed by atoms with Crippen LogP contribution in [0.4, 0.5) is 5.69 Å². The van der Waals surface area contributed by atoms with Crippen molar-refractivity contribution in [2.24, 2.45) is 7.05 Å². The van der Waals surface area contributed by atoms with Gasteiger partial charge in [-0.2, -0.15) is 0 Å². The van der Waals surface area contributed by atoms with Crippen molar-refractivity contribution in [1.29, 1.82) is 0 Å². The number of nitrogens with two attached hydrogens (primary N) is 1. The van der Waals surface area contributed by atoms with E-state index in [1.807, 2.05) is 19.3 Å². The van der Waals surface area contributed by atoms with Crippen LogP contribution in [0.5, 0.6) is 5.75 Å². The fraction of sp³-hybridized carbons (Fsp3) is 0.294. The number of hydrogen-bond donors (Lipinski definition) is 2.